The Kier molecular flexibility index (Phi) is 5.57. The number of hydrogen-bond donors (Lipinski definition) is 2. The second kappa shape index (κ2) is 7.72. The lowest BCUT2D eigenvalue weighted by atomic mass is 9.68. The molecule has 0 radical (unpaired) electrons. The first kappa shape index (κ1) is 18.0. The van der Waals surface area contributed by atoms with E-state index >= 15 is 0 Å². The summed E-state index contributed by atoms with van der Waals surface area (Å²) in [5, 5.41) is 17.2. The molecule has 0 aromatic rings. The van der Waals surface area contributed by atoms with Gasteiger partial charge in [0.2, 0.25) is 0 Å². The van der Waals surface area contributed by atoms with Crippen molar-refractivity contribution in [1.82, 2.24) is 15.5 Å². The Morgan fingerprint density at radius 2 is 1.92 bits per heavy atom. The third-order valence-corrected chi connectivity index (χ3v) is 8.17. The normalized spacial score (nSPS) is 48.7. The number of nitriles is 1. The monoisotopic (exact) mass is 364 g/mol. The molecule has 4 fully saturated rings. The zero-order valence-corrected chi connectivity index (χ0v) is 16.2. The third-order valence-electron chi connectivity index (χ3n) is 7.56. The molecular formula is C20H33ClN4. The van der Waals surface area contributed by atoms with E-state index in [2.05, 4.69) is 28.5 Å². The van der Waals surface area contributed by atoms with Crippen LogP contribution >= 0.6 is 11.6 Å². The van der Waals surface area contributed by atoms with Crippen molar-refractivity contribution in [2.45, 2.75) is 75.5 Å². The molecule has 0 spiro atoms. The Bertz CT molecular complexity index is 506. The van der Waals surface area contributed by atoms with Gasteiger partial charge < -0.3 is 5.32 Å². The summed E-state index contributed by atoms with van der Waals surface area (Å²) in [6.45, 7) is 5.42. The molecule has 3 saturated heterocycles. The molecule has 3 heterocycles. The summed E-state index contributed by atoms with van der Waals surface area (Å²) < 4.78 is 0. The molecule has 4 rings (SSSR count). The Morgan fingerprint density at radius 1 is 1.08 bits per heavy atom. The Labute approximate surface area is 157 Å². The van der Waals surface area contributed by atoms with Crippen LogP contribution in [0.1, 0.15) is 51.9 Å². The summed E-state index contributed by atoms with van der Waals surface area (Å²) in [5.74, 6) is 2.91. The average molecular weight is 365 g/mol. The molecule has 25 heavy (non-hydrogen) atoms. The Hall–Kier alpha value is -0.340. The number of fused-ring (bicyclic) bond motifs is 1. The highest BCUT2D eigenvalue weighted by molar-refractivity contribution is 6.20. The van der Waals surface area contributed by atoms with Crippen molar-refractivity contribution in [3.63, 3.8) is 0 Å². The van der Waals surface area contributed by atoms with Gasteiger partial charge in [0.25, 0.3) is 0 Å². The number of alkyl halides is 1. The van der Waals surface area contributed by atoms with Crippen molar-refractivity contribution in [3.05, 3.63) is 0 Å². The molecule has 8 atom stereocenters. The summed E-state index contributed by atoms with van der Waals surface area (Å²) in [5.41, 5.74) is 0. The maximum Gasteiger partial charge on any atom is 0.112 e. The number of hydrogen-bond acceptors (Lipinski definition) is 4. The second-order valence-corrected chi connectivity index (χ2v) is 9.52. The third kappa shape index (κ3) is 3.58. The van der Waals surface area contributed by atoms with Gasteiger partial charge in [-0.05, 0) is 75.2 Å². The predicted octanol–water partition coefficient (Wildman–Crippen LogP) is 2.93. The number of nitrogens with zero attached hydrogens (tertiary/aromatic N) is 2. The molecule has 2 N–H and O–H groups in total. The molecule has 0 bridgehead atoms. The van der Waals surface area contributed by atoms with Gasteiger partial charge in [0.15, 0.2) is 0 Å². The smallest absolute Gasteiger partial charge is 0.112 e. The van der Waals surface area contributed by atoms with Gasteiger partial charge in [-0.3, -0.25) is 10.2 Å². The maximum atomic E-state index is 9.45. The van der Waals surface area contributed by atoms with Crippen molar-refractivity contribution >= 4 is 11.6 Å². The largest absolute Gasteiger partial charge is 0.313 e. The van der Waals surface area contributed by atoms with Crippen LogP contribution in [0, 0.1) is 35.0 Å². The van der Waals surface area contributed by atoms with Gasteiger partial charge >= 0.3 is 0 Å². The molecule has 1 aliphatic carbocycles. The molecule has 0 aromatic carbocycles. The van der Waals surface area contributed by atoms with E-state index in [1.807, 2.05) is 0 Å². The fourth-order valence-corrected chi connectivity index (χ4v) is 6.39. The van der Waals surface area contributed by atoms with Gasteiger partial charge in [0.05, 0.1) is 12.2 Å². The topological polar surface area (TPSA) is 51.1 Å². The van der Waals surface area contributed by atoms with Gasteiger partial charge in [-0.15, -0.1) is 11.6 Å². The Morgan fingerprint density at radius 3 is 2.72 bits per heavy atom. The number of nitrogens with one attached hydrogen (secondary N) is 2. The molecule has 4 aliphatic rings. The fraction of sp³-hybridized carbons (Fsp3) is 0.950. The predicted molar refractivity (Wildman–Crippen MR) is 101 cm³/mol. The summed E-state index contributed by atoms with van der Waals surface area (Å²) in [6, 6.07) is 3.22. The van der Waals surface area contributed by atoms with E-state index < -0.39 is 0 Å². The molecule has 3 aliphatic heterocycles. The number of piperidine rings is 2. The molecule has 4 nitrogen and oxygen atoms in total. The first-order chi connectivity index (χ1) is 12.2. The van der Waals surface area contributed by atoms with Crippen molar-refractivity contribution < 1.29 is 0 Å². The highest BCUT2D eigenvalue weighted by atomic mass is 35.5. The molecule has 5 heteroatoms. The van der Waals surface area contributed by atoms with Crippen LogP contribution in [0.15, 0.2) is 0 Å². The lowest BCUT2D eigenvalue weighted by Crippen LogP contribution is -2.55. The van der Waals surface area contributed by atoms with E-state index in [-0.39, 0.29) is 6.04 Å². The van der Waals surface area contributed by atoms with Gasteiger partial charge in [0.1, 0.15) is 6.04 Å². The van der Waals surface area contributed by atoms with E-state index in [1.54, 1.807) is 0 Å². The van der Waals surface area contributed by atoms with E-state index in [0.717, 1.165) is 30.8 Å². The lowest BCUT2D eigenvalue weighted by Gasteiger charge is -2.48. The van der Waals surface area contributed by atoms with Crippen molar-refractivity contribution in [2.75, 3.05) is 19.6 Å². The zero-order chi connectivity index (χ0) is 17.4. The van der Waals surface area contributed by atoms with Crippen LogP contribution in [-0.4, -0.2) is 48.2 Å². The van der Waals surface area contributed by atoms with Crippen LogP contribution in [0.2, 0.25) is 0 Å². The highest BCUT2D eigenvalue weighted by Crippen LogP contribution is 2.42. The van der Waals surface area contributed by atoms with Crippen molar-refractivity contribution in [1.29, 1.82) is 5.26 Å². The first-order valence-corrected chi connectivity index (χ1v) is 10.9. The van der Waals surface area contributed by atoms with Crippen LogP contribution < -0.4 is 10.6 Å². The van der Waals surface area contributed by atoms with Gasteiger partial charge in [-0.1, -0.05) is 6.92 Å². The van der Waals surface area contributed by atoms with Crippen molar-refractivity contribution in [2.24, 2.45) is 23.7 Å². The molecule has 140 valence electrons. The molecule has 0 aromatic heterocycles. The summed E-state index contributed by atoms with van der Waals surface area (Å²) >= 11 is 6.65. The SMILES string of the molecule is CC1CCC(C2NCCCC2C2CC[C@@H]3NC[C@H](C#N)N3C2)CC1Cl. The quantitative estimate of drug-likeness (QED) is 0.740. The van der Waals surface area contributed by atoms with E-state index in [4.69, 9.17) is 11.6 Å². The lowest BCUT2D eigenvalue weighted by molar-refractivity contribution is 0.0441. The van der Waals surface area contributed by atoms with Gasteiger partial charge in [0, 0.05) is 24.5 Å². The van der Waals surface area contributed by atoms with E-state index in [9.17, 15) is 5.26 Å². The molecule has 0 amide bonds. The highest BCUT2D eigenvalue weighted by Gasteiger charge is 2.44. The fourth-order valence-electron chi connectivity index (χ4n) is 6.03. The maximum absolute atomic E-state index is 9.45. The second-order valence-electron chi connectivity index (χ2n) is 8.96. The minimum absolute atomic E-state index is 0.0746. The van der Waals surface area contributed by atoms with Crippen LogP contribution in [-0.2, 0) is 0 Å². The average Bonchev–Trinajstić information content (AvgIpc) is 3.06. The van der Waals surface area contributed by atoms with Crippen LogP contribution in [0.4, 0.5) is 0 Å². The van der Waals surface area contributed by atoms with Gasteiger partial charge in [-0.2, -0.15) is 5.26 Å². The van der Waals surface area contributed by atoms with E-state index in [1.165, 1.54) is 51.5 Å². The van der Waals surface area contributed by atoms with E-state index in [0.29, 0.717) is 23.5 Å². The molecular weight excluding hydrogens is 332 g/mol. The molecule has 6 unspecified atom stereocenters. The summed E-state index contributed by atoms with van der Waals surface area (Å²) in [6.07, 6.45) is 9.40. The molecule has 1 saturated carbocycles. The first-order valence-electron chi connectivity index (χ1n) is 10.4. The summed E-state index contributed by atoms with van der Waals surface area (Å²) in [7, 11) is 0. The number of rotatable bonds is 2. The number of halogens is 1. The van der Waals surface area contributed by atoms with Gasteiger partial charge in [-0.25, -0.2) is 0 Å². The minimum atomic E-state index is 0.0746. The van der Waals surface area contributed by atoms with Crippen LogP contribution in [0.5, 0.6) is 0 Å². The zero-order valence-electron chi connectivity index (χ0n) is 15.5. The standard InChI is InChI=1S/C20H33ClN4/c1-13-4-5-14(9-18(13)21)20-17(3-2-8-23-20)15-6-7-19-24-11-16(10-22)25(19)12-15/h13-20,23-24H,2-9,11-12H2,1H3/t13?,14?,15?,16-,17?,18?,19+,20?/m0/s1. The van der Waals surface area contributed by atoms with Crippen LogP contribution in [0.3, 0.4) is 0 Å². The van der Waals surface area contributed by atoms with Crippen molar-refractivity contribution in [3.8, 4) is 6.07 Å². The Balaban J connectivity index is 1.45. The summed E-state index contributed by atoms with van der Waals surface area (Å²) in [4.78, 5) is 2.45. The van der Waals surface area contributed by atoms with Crippen LogP contribution in [0.25, 0.3) is 0 Å². The minimum Gasteiger partial charge on any atom is -0.313 e.